The van der Waals surface area contributed by atoms with Gasteiger partial charge < -0.3 is 8.37 Å². The first kappa shape index (κ1) is 28.8. The van der Waals surface area contributed by atoms with Gasteiger partial charge in [-0.1, -0.05) is 53.5 Å². The average molecular weight is 652 g/mol. The molecule has 0 heterocycles. The number of fused-ring (bicyclic) bond motifs is 3. The molecule has 1 aliphatic rings. The molecule has 0 amide bonds. The summed E-state index contributed by atoms with van der Waals surface area (Å²) < 4.78 is 63.5. The van der Waals surface area contributed by atoms with Crippen LogP contribution in [0.15, 0.2) is 130 Å². The van der Waals surface area contributed by atoms with E-state index in [0.717, 1.165) is 0 Å². The van der Waals surface area contributed by atoms with Crippen LogP contribution in [0.5, 0.6) is 11.5 Å². The van der Waals surface area contributed by atoms with Gasteiger partial charge in [0, 0.05) is 21.2 Å². The Morgan fingerprint density at radius 1 is 0.535 bits per heavy atom. The third-order valence-corrected chi connectivity index (χ3v) is 9.46. The molecule has 0 fully saturated rings. The molecule has 0 spiro atoms. The standard InChI is InChI=1S/C31H20Cl2N2O6S2/c32-20-6-10-23(11-7-20)40-42(36,37)25-14-16-27-28-17-15-26(43(38,39)41-24-12-8-21(33)9-13-24)19-30(28)31(29(27)18-25)35-34-22-4-2-1-3-5-22/h1-19,34H. The third kappa shape index (κ3) is 6.09. The number of hydrogen-bond acceptors (Lipinski definition) is 8. The van der Waals surface area contributed by atoms with Gasteiger partial charge in [-0.3, -0.25) is 5.43 Å². The van der Waals surface area contributed by atoms with Gasteiger partial charge in [0.15, 0.2) is 0 Å². The molecule has 12 heteroatoms. The van der Waals surface area contributed by atoms with E-state index in [9.17, 15) is 16.8 Å². The first-order valence-corrected chi connectivity index (χ1v) is 16.2. The summed E-state index contributed by atoms with van der Waals surface area (Å²) in [5.74, 6) is 0.201. The molecule has 216 valence electrons. The highest BCUT2D eigenvalue weighted by Crippen LogP contribution is 2.40. The van der Waals surface area contributed by atoms with Crippen molar-refractivity contribution in [2.24, 2.45) is 5.10 Å². The van der Waals surface area contributed by atoms with Crippen molar-refractivity contribution in [2.45, 2.75) is 9.79 Å². The van der Waals surface area contributed by atoms with Crippen molar-refractivity contribution in [3.05, 3.63) is 136 Å². The average Bonchev–Trinajstić information content (AvgIpc) is 3.31. The quantitative estimate of drug-likeness (QED) is 0.135. The van der Waals surface area contributed by atoms with Gasteiger partial charge in [0.05, 0.1) is 11.4 Å². The van der Waals surface area contributed by atoms with Crippen LogP contribution in [-0.2, 0) is 20.2 Å². The number of halogens is 2. The van der Waals surface area contributed by atoms with E-state index < -0.39 is 20.2 Å². The molecule has 0 atom stereocenters. The normalized spacial score (nSPS) is 12.3. The summed E-state index contributed by atoms with van der Waals surface area (Å²) in [5.41, 5.74) is 6.24. The van der Waals surface area contributed by atoms with Gasteiger partial charge >= 0.3 is 20.2 Å². The third-order valence-electron chi connectivity index (χ3n) is 6.47. The maximum atomic E-state index is 13.2. The smallest absolute Gasteiger partial charge is 0.339 e. The summed E-state index contributed by atoms with van der Waals surface area (Å²) >= 11 is 11.8. The lowest BCUT2D eigenvalue weighted by molar-refractivity contribution is 0.484. The van der Waals surface area contributed by atoms with Crippen molar-refractivity contribution in [1.29, 1.82) is 0 Å². The summed E-state index contributed by atoms with van der Waals surface area (Å²) in [5, 5.41) is 5.45. The maximum absolute atomic E-state index is 13.2. The minimum absolute atomic E-state index is 0.100. The monoisotopic (exact) mass is 650 g/mol. The number of hydrogen-bond donors (Lipinski definition) is 1. The van der Waals surface area contributed by atoms with Crippen LogP contribution in [0.1, 0.15) is 11.1 Å². The molecule has 0 bridgehead atoms. The Kier molecular flexibility index (Phi) is 7.61. The zero-order valence-electron chi connectivity index (χ0n) is 21.9. The largest absolute Gasteiger partial charge is 0.379 e. The summed E-state index contributed by atoms with van der Waals surface area (Å²) in [6.45, 7) is 0. The molecule has 1 aliphatic carbocycles. The predicted molar refractivity (Wildman–Crippen MR) is 166 cm³/mol. The van der Waals surface area contributed by atoms with Gasteiger partial charge in [-0.05, 0) is 96.1 Å². The van der Waals surface area contributed by atoms with Gasteiger partial charge in [0.25, 0.3) is 0 Å². The number of rotatable bonds is 8. The van der Waals surface area contributed by atoms with E-state index in [1.165, 1.54) is 72.8 Å². The first-order chi connectivity index (χ1) is 20.6. The van der Waals surface area contributed by atoms with Crippen molar-refractivity contribution in [1.82, 2.24) is 0 Å². The molecule has 8 nitrogen and oxygen atoms in total. The number of para-hydroxylation sites is 1. The van der Waals surface area contributed by atoms with Gasteiger partial charge in [-0.15, -0.1) is 0 Å². The maximum Gasteiger partial charge on any atom is 0.339 e. The zero-order chi connectivity index (χ0) is 30.2. The van der Waals surface area contributed by atoms with Crippen LogP contribution in [0.3, 0.4) is 0 Å². The molecule has 6 rings (SSSR count). The van der Waals surface area contributed by atoms with Gasteiger partial charge in [-0.25, -0.2) is 0 Å². The fourth-order valence-electron chi connectivity index (χ4n) is 4.45. The van der Waals surface area contributed by atoms with Crippen LogP contribution in [-0.4, -0.2) is 22.5 Å². The lowest BCUT2D eigenvalue weighted by Gasteiger charge is -2.10. The van der Waals surface area contributed by atoms with E-state index in [2.05, 4.69) is 10.5 Å². The summed E-state index contributed by atoms with van der Waals surface area (Å²) in [6.07, 6.45) is 0. The Labute approximate surface area is 258 Å². The van der Waals surface area contributed by atoms with Crippen LogP contribution >= 0.6 is 23.2 Å². The number of nitrogens with one attached hydrogen (secondary N) is 1. The lowest BCUT2D eigenvalue weighted by atomic mass is 10.1. The predicted octanol–water partition coefficient (Wildman–Crippen LogP) is 7.37. The Hall–Kier alpha value is -4.35. The second-order valence-corrected chi connectivity index (χ2v) is 13.3. The molecule has 5 aromatic carbocycles. The second-order valence-electron chi connectivity index (χ2n) is 9.34. The topological polar surface area (TPSA) is 111 Å². The SMILES string of the molecule is O=S(=O)(Oc1ccc(Cl)cc1)c1ccc2c(c1)C(=NNc1ccccc1)c1cc(S(=O)(=O)Oc3ccc(Cl)cc3)ccc1-2. The number of nitrogens with zero attached hydrogens (tertiary/aromatic N) is 1. The number of benzene rings is 5. The Morgan fingerprint density at radius 3 is 1.42 bits per heavy atom. The van der Waals surface area contributed by atoms with Gasteiger partial charge in [-0.2, -0.15) is 21.9 Å². The Bertz CT molecular complexity index is 1960. The van der Waals surface area contributed by atoms with Gasteiger partial charge in [0.2, 0.25) is 0 Å². The van der Waals surface area contributed by atoms with E-state index in [1.54, 1.807) is 12.1 Å². The van der Waals surface area contributed by atoms with Crippen molar-refractivity contribution in [3.8, 4) is 22.6 Å². The van der Waals surface area contributed by atoms with Crippen LogP contribution in [0.4, 0.5) is 5.69 Å². The van der Waals surface area contributed by atoms with Crippen molar-refractivity contribution in [3.63, 3.8) is 0 Å². The van der Waals surface area contributed by atoms with Crippen LogP contribution in [0.25, 0.3) is 11.1 Å². The zero-order valence-corrected chi connectivity index (χ0v) is 25.1. The van der Waals surface area contributed by atoms with E-state index >= 15 is 0 Å². The van der Waals surface area contributed by atoms with Crippen molar-refractivity contribution in [2.75, 3.05) is 5.43 Å². The molecule has 0 aromatic heterocycles. The highest BCUT2D eigenvalue weighted by Gasteiger charge is 2.30. The molecule has 0 unspecified atom stereocenters. The Balaban J connectivity index is 1.41. The van der Waals surface area contributed by atoms with Crippen molar-refractivity contribution < 1.29 is 25.2 Å². The van der Waals surface area contributed by atoms with Crippen LogP contribution in [0, 0.1) is 0 Å². The minimum atomic E-state index is -4.24. The second kappa shape index (κ2) is 11.4. The summed E-state index contributed by atoms with van der Waals surface area (Å²) in [7, 11) is -8.48. The molecule has 0 saturated carbocycles. The fourth-order valence-corrected chi connectivity index (χ4v) is 6.62. The number of hydrazone groups is 1. The molecular weight excluding hydrogens is 631 g/mol. The number of anilines is 1. The highest BCUT2D eigenvalue weighted by atomic mass is 35.5. The summed E-state index contributed by atoms with van der Waals surface area (Å²) in [6, 6.07) is 30.0. The first-order valence-electron chi connectivity index (χ1n) is 12.7. The van der Waals surface area contributed by atoms with E-state index in [-0.39, 0.29) is 21.3 Å². The highest BCUT2D eigenvalue weighted by molar-refractivity contribution is 7.87. The van der Waals surface area contributed by atoms with Crippen molar-refractivity contribution >= 4 is 54.8 Å². The lowest BCUT2D eigenvalue weighted by Crippen LogP contribution is -2.12. The molecule has 1 N–H and O–H groups in total. The molecular formula is C31H20Cl2N2O6S2. The van der Waals surface area contributed by atoms with E-state index in [1.807, 2.05) is 30.3 Å². The fraction of sp³-hybridized carbons (Fsp3) is 0. The summed E-state index contributed by atoms with van der Waals surface area (Å²) in [4.78, 5) is -0.222. The van der Waals surface area contributed by atoms with Gasteiger partial charge in [0.1, 0.15) is 21.3 Å². The van der Waals surface area contributed by atoms with Crippen LogP contribution in [0.2, 0.25) is 10.0 Å². The van der Waals surface area contributed by atoms with E-state index in [0.29, 0.717) is 43.7 Å². The molecule has 0 radical (unpaired) electrons. The molecule has 0 aliphatic heterocycles. The van der Waals surface area contributed by atoms with E-state index in [4.69, 9.17) is 31.6 Å². The minimum Gasteiger partial charge on any atom is -0.379 e. The molecule has 43 heavy (non-hydrogen) atoms. The Morgan fingerprint density at radius 2 is 0.977 bits per heavy atom. The van der Waals surface area contributed by atoms with Crippen LogP contribution < -0.4 is 13.8 Å². The molecule has 0 saturated heterocycles. The molecule has 5 aromatic rings.